The predicted octanol–water partition coefficient (Wildman–Crippen LogP) is 3.45. The van der Waals surface area contributed by atoms with Crippen molar-refractivity contribution < 1.29 is 13.9 Å². The number of thiocarbonyl (C=S) groups is 1. The van der Waals surface area contributed by atoms with Crippen molar-refractivity contribution in [1.29, 1.82) is 0 Å². The summed E-state index contributed by atoms with van der Waals surface area (Å²) in [6.45, 7) is 2.06. The first-order valence-electron chi connectivity index (χ1n) is 8.58. The fourth-order valence-electron chi connectivity index (χ4n) is 3.65. The van der Waals surface area contributed by atoms with Gasteiger partial charge in [-0.3, -0.25) is 0 Å². The molecular weight excluding hydrogens is 353 g/mol. The zero-order chi connectivity index (χ0) is 18.1. The summed E-state index contributed by atoms with van der Waals surface area (Å²) in [6.07, 6.45) is 3.26. The number of halogens is 1. The number of likely N-dealkylation sites (tertiary alicyclic amines) is 1. The van der Waals surface area contributed by atoms with Crippen molar-refractivity contribution in [2.24, 2.45) is 0 Å². The van der Waals surface area contributed by atoms with E-state index >= 15 is 0 Å². The molecule has 1 saturated heterocycles. The van der Waals surface area contributed by atoms with E-state index in [0.29, 0.717) is 17.6 Å². The van der Waals surface area contributed by atoms with Crippen LogP contribution >= 0.6 is 12.2 Å². The van der Waals surface area contributed by atoms with Gasteiger partial charge in [-0.15, -0.1) is 0 Å². The summed E-state index contributed by atoms with van der Waals surface area (Å²) in [5.74, 6) is 0.353. The normalized spacial score (nSPS) is 17.8. The van der Waals surface area contributed by atoms with Crippen LogP contribution in [0.3, 0.4) is 0 Å². The molecule has 0 amide bonds. The highest BCUT2D eigenvalue weighted by Crippen LogP contribution is 2.44. The molecule has 1 aromatic carbocycles. The Morgan fingerprint density at radius 3 is 2.81 bits per heavy atom. The lowest BCUT2D eigenvalue weighted by molar-refractivity contribution is -0.0703. The molecule has 1 aromatic heterocycles. The van der Waals surface area contributed by atoms with E-state index in [1.54, 1.807) is 25.4 Å². The van der Waals surface area contributed by atoms with Crippen LogP contribution in [0.1, 0.15) is 24.0 Å². The lowest BCUT2D eigenvalue weighted by atomic mass is 9.84. The maximum Gasteiger partial charge on any atom is 0.213 e. The van der Waals surface area contributed by atoms with E-state index in [1.807, 2.05) is 12.1 Å². The van der Waals surface area contributed by atoms with E-state index in [4.69, 9.17) is 21.7 Å². The Morgan fingerprint density at radius 1 is 1.31 bits per heavy atom. The lowest BCUT2D eigenvalue weighted by Gasteiger charge is -2.40. The first kappa shape index (κ1) is 17.2. The van der Waals surface area contributed by atoms with Gasteiger partial charge in [0.25, 0.3) is 0 Å². The third-order valence-electron chi connectivity index (χ3n) is 5.12. The molecule has 26 heavy (non-hydrogen) atoms. The molecule has 5 nitrogen and oxygen atoms in total. The first-order valence-corrected chi connectivity index (χ1v) is 8.99. The van der Waals surface area contributed by atoms with Gasteiger partial charge in [-0.05, 0) is 54.4 Å². The first-order chi connectivity index (χ1) is 12.6. The third-order valence-corrected chi connectivity index (χ3v) is 5.48. The smallest absolute Gasteiger partial charge is 0.213 e. The SMILES string of the molecule is COc1ccc(NC(=S)N2CCC3(CC2)OCc2ccc(F)cc23)cn1. The molecule has 0 aliphatic carbocycles. The van der Waals surface area contributed by atoms with Crippen molar-refractivity contribution in [2.75, 3.05) is 25.5 Å². The minimum atomic E-state index is -0.384. The van der Waals surface area contributed by atoms with Crippen LogP contribution in [0, 0.1) is 5.82 Å². The predicted molar refractivity (Wildman–Crippen MR) is 101 cm³/mol. The molecule has 4 rings (SSSR count). The van der Waals surface area contributed by atoms with Crippen LogP contribution < -0.4 is 10.1 Å². The van der Waals surface area contributed by atoms with Crippen LogP contribution in [-0.2, 0) is 16.9 Å². The number of piperidine rings is 1. The van der Waals surface area contributed by atoms with Crippen molar-refractivity contribution in [3.8, 4) is 5.88 Å². The maximum absolute atomic E-state index is 13.7. The number of pyridine rings is 1. The Balaban J connectivity index is 1.41. The van der Waals surface area contributed by atoms with Gasteiger partial charge in [0.05, 0.1) is 31.2 Å². The maximum atomic E-state index is 13.7. The van der Waals surface area contributed by atoms with Crippen LogP contribution in [0.25, 0.3) is 0 Å². The second-order valence-corrected chi connectivity index (χ2v) is 6.98. The zero-order valence-electron chi connectivity index (χ0n) is 14.5. The van der Waals surface area contributed by atoms with Crippen molar-refractivity contribution in [3.05, 3.63) is 53.5 Å². The molecular formula is C19H20FN3O2S. The third kappa shape index (κ3) is 3.12. The highest BCUT2D eigenvalue weighted by atomic mass is 32.1. The van der Waals surface area contributed by atoms with E-state index < -0.39 is 0 Å². The molecule has 7 heteroatoms. The summed E-state index contributed by atoms with van der Waals surface area (Å²) in [5.41, 5.74) is 2.52. The number of nitrogens with one attached hydrogen (secondary N) is 1. The number of fused-ring (bicyclic) bond motifs is 2. The summed E-state index contributed by atoms with van der Waals surface area (Å²) in [4.78, 5) is 6.28. The average Bonchev–Trinajstić information content (AvgIpc) is 3.00. The molecule has 136 valence electrons. The van der Waals surface area contributed by atoms with Gasteiger partial charge < -0.3 is 19.7 Å². The van der Waals surface area contributed by atoms with Crippen molar-refractivity contribution in [1.82, 2.24) is 9.88 Å². The number of benzene rings is 1. The van der Waals surface area contributed by atoms with E-state index in [9.17, 15) is 4.39 Å². The number of methoxy groups -OCH3 is 1. The highest BCUT2D eigenvalue weighted by molar-refractivity contribution is 7.80. The van der Waals surface area contributed by atoms with Gasteiger partial charge >= 0.3 is 0 Å². The highest BCUT2D eigenvalue weighted by Gasteiger charge is 2.43. The number of nitrogens with zero attached hydrogens (tertiary/aromatic N) is 2. The van der Waals surface area contributed by atoms with Gasteiger partial charge in [-0.2, -0.15) is 0 Å². The van der Waals surface area contributed by atoms with Gasteiger partial charge in [0.1, 0.15) is 5.82 Å². The number of aromatic nitrogens is 1. The molecule has 1 N–H and O–H groups in total. The topological polar surface area (TPSA) is 46.6 Å². The molecule has 2 aliphatic rings. The zero-order valence-corrected chi connectivity index (χ0v) is 15.3. The minimum Gasteiger partial charge on any atom is -0.481 e. The fraction of sp³-hybridized carbons (Fsp3) is 0.368. The second kappa shape index (κ2) is 6.81. The molecule has 3 heterocycles. The Kier molecular flexibility index (Phi) is 4.50. The number of ether oxygens (including phenoxy) is 2. The molecule has 2 aromatic rings. The molecule has 0 radical (unpaired) electrons. The number of hydrogen-bond acceptors (Lipinski definition) is 4. The van der Waals surface area contributed by atoms with Gasteiger partial charge in [-0.25, -0.2) is 9.37 Å². The van der Waals surface area contributed by atoms with Crippen LogP contribution in [0.2, 0.25) is 0 Å². The van der Waals surface area contributed by atoms with E-state index in [0.717, 1.165) is 42.7 Å². The van der Waals surface area contributed by atoms with Crippen LogP contribution in [0.15, 0.2) is 36.5 Å². The van der Waals surface area contributed by atoms with E-state index in [-0.39, 0.29) is 11.4 Å². The quantitative estimate of drug-likeness (QED) is 0.814. The molecule has 0 atom stereocenters. The van der Waals surface area contributed by atoms with Crippen LogP contribution in [0.4, 0.5) is 10.1 Å². The van der Waals surface area contributed by atoms with Gasteiger partial charge in [0, 0.05) is 19.2 Å². The summed E-state index contributed by atoms with van der Waals surface area (Å²) in [7, 11) is 1.58. The van der Waals surface area contributed by atoms with Crippen molar-refractivity contribution >= 4 is 23.0 Å². The lowest BCUT2D eigenvalue weighted by Crippen LogP contribution is -2.46. The van der Waals surface area contributed by atoms with Crippen molar-refractivity contribution in [3.63, 3.8) is 0 Å². The molecule has 1 fully saturated rings. The Labute approximate surface area is 157 Å². The molecule has 2 aliphatic heterocycles. The standard InChI is InChI=1S/C19H20FN3O2S/c1-24-17-5-4-15(11-21-17)22-18(26)23-8-6-19(7-9-23)16-10-14(20)3-2-13(16)12-25-19/h2-5,10-11H,6-9,12H2,1H3,(H,22,26). The van der Waals surface area contributed by atoms with E-state index in [1.165, 1.54) is 6.07 Å². The summed E-state index contributed by atoms with van der Waals surface area (Å²) < 4.78 is 24.8. The van der Waals surface area contributed by atoms with Gasteiger partial charge in [0.15, 0.2) is 5.11 Å². The average molecular weight is 373 g/mol. The summed E-state index contributed by atoms with van der Waals surface area (Å²) in [6, 6.07) is 8.61. The van der Waals surface area contributed by atoms with Crippen molar-refractivity contribution in [2.45, 2.75) is 25.0 Å². The van der Waals surface area contributed by atoms with Gasteiger partial charge in [0.2, 0.25) is 5.88 Å². The largest absolute Gasteiger partial charge is 0.481 e. The Morgan fingerprint density at radius 2 is 2.12 bits per heavy atom. The van der Waals surface area contributed by atoms with Crippen LogP contribution in [0.5, 0.6) is 5.88 Å². The molecule has 0 unspecified atom stereocenters. The Bertz CT molecular complexity index is 820. The summed E-state index contributed by atoms with van der Waals surface area (Å²) in [5, 5.41) is 3.87. The second-order valence-electron chi connectivity index (χ2n) is 6.59. The minimum absolute atomic E-state index is 0.208. The van der Waals surface area contributed by atoms with Crippen LogP contribution in [-0.4, -0.2) is 35.2 Å². The van der Waals surface area contributed by atoms with E-state index in [2.05, 4.69) is 15.2 Å². The Hall–Kier alpha value is -2.25. The van der Waals surface area contributed by atoms with Gasteiger partial charge in [-0.1, -0.05) is 6.07 Å². The number of anilines is 1. The molecule has 1 spiro atoms. The number of rotatable bonds is 2. The molecule has 0 saturated carbocycles. The molecule has 0 bridgehead atoms. The summed E-state index contributed by atoms with van der Waals surface area (Å²) >= 11 is 5.53. The fourth-order valence-corrected chi connectivity index (χ4v) is 3.95. The monoisotopic (exact) mass is 373 g/mol. The number of hydrogen-bond donors (Lipinski definition) is 1.